The molecule has 0 spiro atoms. The van der Waals surface area contributed by atoms with E-state index in [1.54, 1.807) is 11.3 Å². The number of rotatable bonds is 4. The van der Waals surface area contributed by atoms with Crippen LogP contribution in [0.25, 0.3) is 0 Å². The third-order valence-corrected chi connectivity index (χ3v) is 4.63. The predicted molar refractivity (Wildman–Crippen MR) is 78.1 cm³/mol. The minimum atomic E-state index is -0.496. The van der Waals surface area contributed by atoms with Crippen LogP contribution in [0.2, 0.25) is 0 Å². The number of thiophene rings is 1. The highest BCUT2D eigenvalue weighted by atomic mass is 32.1. The Bertz CT molecular complexity index is 482. The summed E-state index contributed by atoms with van der Waals surface area (Å²) in [6.07, 6.45) is 0.614. The van der Waals surface area contributed by atoms with Crippen LogP contribution < -0.4 is 0 Å². The van der Waals surface area contributed by atoms with Crippen molar-refractivity contribution in [1.29, 1.82) is 0 Å². The minimum absolute atomic E-state index is 0.201. The van der Waals surface area contributed by atoms with E-state index in [0.29, 0.717) is 0 Å². The highest BCUT2D eigenvalue weighted by Gasteiger charge is 2.18. The molecule has 0 aliphatic carbocycles. The van der Waals surface area contributed by atoms with Gasteiger partial charge in [-0.3, -0.25) is 0 Å². The Balaban J connectivity index is 2.23. The van der Waals surface area contributed by atoms with Crippen molar-refractivity contribution in [2.75, 3.05) is 0 Å². The Morgan fingerprint density at radius 3 is 2.33 bits per heavy atom. The molecule has 0 saturated carbocycles. The van der Waals surface area contributed by atoms with Gasteiger partial charge in [-0.25, -0.2) is 0 Å². The fraction of sp³-hybridized carbons (Fsp3) is 0.375. The van der Waals surface area contributed by atoms with Crippen LogP contribution in [0.3, 0.4) is 0 Å². The van der Waals surface area contributed by atoms with Crippen molar-refractivity contribution >= 4 is 11.3 Å². The molecule has 0 radical (unpaired) electrons. The number of aliphatic hydroxyl groups excluding tert-OH is 1. The topological polar surface area (TPSA) is 20.2 Å². The summed E-state index contributed by atoms with van der Waals surface area (Å²) in [5.74, 6) is 0. The van der Waals surface area contributed by atoms with Crippen LogP contribution >= 0.6 is 11.3 Å². The Hall–Kier alpha value is -1.12. The molecule has 1 heterocycles. The van der Waals surface area contributed by atoms with Crippen LogP contribution in [0.4, 0.5) is 0 Å². The normalized spacial score (nSPS) is 13.6. The van der Waals surface area contributed by atoms with E-state index in [1.165, 1.54) is 5.56 Å². The lowest BCUT2D eigenvalue weighted by Gasteiger charge is -2.23. The number of hydrogen-bond donors (Lipinski definition) is 1. The second kappa shape index (κ2) is 5.25. The van der Waals surface area contributed by atoms with E-state index in [0.717, 1.165) is 16.9 Å². The number of hydrogen-bond acceptors (Lipinski definition) is 2. The quantitative estimate of drug-likeness (QED) is 0.857. The van der Waals surface area contributed by atoms with Gasteiger partial charge in [0.2, 0.25) is 0 Å². The van der Waals surface area contributed by atoms with Gasteiger partial charge in [-0.15, -0.1) is 11.3 Å². The van der Waals surface area contributed by atoms with E-state index in [4.69, 9.17) is 0 Å². The van der Waals surface area contributed by atoms with E-state index < -0.39 is 6.10 Å². The van der Waals surface area contributed by atoms with Crippen LogP contribution in [0.15, 0.2) is 41.8 Å². The standard InChI is InChI=1S/C16H20OS/c1-4-16(2,3)13-9-7-12(8-10-13)15(17)14-6-5-11-18-14/h5-11,15,17H,4H2,1-3H3. The molecule has 0 aliphatic rings. The molecule has 0 amide bonds. The van der Waals surface area contributed by atoms with E-state index in [2.05, 4.69) is 32.9 Å². The van der Waals surface area contributed by atoms with Gasteiger partial charge in [0.15, 0.2) is 0 Å². The first-order valence-electron chi connectivity index (χ1n) is 6.36. The molecule has 1 N–H and O–H groups in total. The highest BCUT2D eigenvalue weighted by Crippen LogP contribution is 2.30. The third kappa shape index (κ3) is 2.65. The first-order valence-corrected chi connectivity index (χ1v) is 7.24. The molecule has 1 aromatic heterocycles. The van der Waals surface area contributed by atoms with Gasteiger partial charge >= 0.3 is 0 Å². The lowest BCUT2D eigenvalue weighted by Crippen LogP contribution is -2.15. The van der Waals surface area contributed by atoms with Gasteiger partial charge in [0, 0.05) is 4.88 Å². The first-order chi connectivity index (χ1) is 8.54. The van der Waals surface area contributed by atoms with Crippen LogP contribution in [-0.4, -0.2) is 5.11 Å². The molecule has 0 aliphatic heterocycles. The maximum atomic E-state index is 10.2. The van der Waals surface area contributed by atoms with Crippen LogP contribution in [0.1, 0.15) is 49.3 Å². The van der Waals surface area contributed by atoms with E-state index in [1.807, 2.05) is 29.6 Å². The van der Waals surface area contributed by atoms with Crippen LogP contribution in [0.5, 0.6) is 0 Å². The Morgan fingerprint density at radius 2 is 1.83 bits per heavy atom. The summed E-state index contributed by atoms with van der Waals surface area (Å²) in [4.78, 5) is 0.998. The fourth-order valence-electron chi connectivity index (χ4n) is 1.93. The minimum Gasteiger partial charge on any atom is -0.383 e. The molecule has 96 valence electrons. The molecule has 2 rings (SSSR count). The van der Waals surface area contributed by atoms with Crippen molar-refractivity contribution in [1.82, 2.24) is 0 Å². The largest absolute Gasteiger partial charge is 0.383 e. The Kier molecular flexibility index (Phi) is 3.88. The summed E-state index contributed by atoms with van der Waals surface area (Å²) in [5, 5.41) is 12.2. The summed E-state index contributed by atoms with van der Waals surface area (Å²) in [7, 11) is 0. The lowest BCUT2D eigenvalue weighted by atomic mass is 9.82. The smallest absolute Gasteiger partial charge is 0.113 e. The van der Waals surface area contributed by atoms with Gasteiger partial charge < -0.3 is 5.11 Å². The molecule has 1 aromatic carbocycles. The molecule has 2 heteroatoms. The molecule has 1 nitrogen and oxygen atoms in total. The van der Waals surface area contributed by atoms with Gasteiger partial charge in [0.05, 0.1) is 0 Å². The monoisotopic (exact) mass is 260 g/mol. The molecule has 0 saturated heterocycles. The van der Waals surface area contributed by atoms with Gasteiger partial charge in [0.1, 0.15) is 6.10 Å². The van der Waals surface area contributed by atoms with Crippen LogP contribution in [-0.2, 0) is 5.41 Å². The second-order valence-corrected chi connectivity index (χ2v) is 6.26. The SMILES string of the molecule is CCC(C)(C)c1ccc(C(O)c2cccs2)cc1. The maximum absolute atomic E-state index is 10.2. The van der Waals surface area contributed by atoms with Crippen molar-refractivity contribution in [3.63, 3.8) is 0 Å². The second-order valence-electron chi connectivity index (χ2n) is 5.28. The van der Waals surface area contributed by atoms with E-state index in [-0.39, 0.29) is 5.41 Å². The third-order valence-electron chi connectivity index (χ3n) is 3.70. The lowest BCUT2D eigenvalue weighted by molar-refractivity contribution is 0.224. The molecule has 2 aromatic rings. The van der Waals surface area contributed by atoms with Crippen molar-refractivity contribution in [3.05, 3.63) is 57.8 Å². The first kappa shape index (κ1) is 13.3. The zero-order valence-corrected chi connectivity index (χ0v) is 12.0. The summed E-state index contributed by atoms with van der Waals surface area (Å²) in [6.45, 7) is 6.70. The van der Waals surface area contributed by atoms with Crippen molar-refractivity contribution in [2.24, 2.45) is 0 Å². The van der Waals surface area contributed by atoms with Crippen LogP contribution in [0, 0.1) is 0 Å². The summed E-state index contributed by atoms with van der Waals surface area (Å²) < 4.78 is 0. The summed E-state index contributed by atoms with van der Waals surface area (Å²) in [5.41, 5.74) is 2.49. The predicted octanol–water partition coefficient (Wildman–Crippen LogP) is 4.52. The van der Waals surface area contributed by atoms with Gasteiger partial charge in [0.25, 0.3) is 0 Å². The Labute approximate surface area is 113 Å². The fourth-order valence-corrected chi connectivity index (χ4v) is 2.67. The zero-order chi connectivity index (χ0) is 13.2. The van der Waals surface area contributed by atoms with Gasteiger partial charge in [-0.2, -0.15) is 0 Å². The number of benzene rings is 1. The van der Waals surface area contributed by atoms with Crippen molar-refractivity contribution in [3.8, 4) is 0 Å². The molecule has 0 bridgehead atoms. The summed E-state index contributed by atoms with van der Waals surface area (Å²) in [6, 6.07) is 12.3. The zero-order valence-electron chi connectivity index (χ0n) is 11.2. The van der Waals surface area contributed by atoms with E-state index >= 15 is 0 Å². The molecule has 1 atom stereocenters. The molecule has 0 fully saturated rings. The Morgan fingerprint density at radius 1 is 1.17 bits per heavy atom. The summed E-state index contributed by atoms with van der Waals surface area (Å²) >= 11 is 1.59. The maximum Gasteiger partial charge on any atom is 0.113 e. The van der Waals surface area contributed by atoms with Crippen molar-refractivity contribution in [2.45, 2.75) is 38.7 Å². The van der Waals surface area contributed by atoms with Gasteiger partial charge in [-0.05, 0) is 34.4 Å². The number of aliphatic hydroxyl groups is 1. The average Bonchev–Trinajstić information content (AvgIpc) is 2.92. The highest BCUT2D eigenvalue weighted by molar-refractivity contribution is 7.10. The molecular formula is C16H20OS. The molecule has 18 heavy (non-hydrogen) atoms. The van der Waals surface area contributed by atoms with E-state index in [9.17, 15) is 5.11 Å². The molecular weight excluding hydrogens is 240 g/mol. The molecule has 1 unspecified atom stereocenters. The average molecular weight is 260 g/mol. The van der Waals surface area contributed by atoms with Crippen molar-refractivity contribution < 1.29 is 5.11 Å². The van der Waals surface area contributed by atoms with Gasteiger partial charge in [-0.1, -0.05) is 51.1 Å².